The third-order valence-electron chi connectivity index (χ3n) is 3.80. The van der Waals surface area contributed by atoms with Crippen LogP contribution in [0, 0.1) is 0 Å². The van der Waals surface area contributed by atoms with Crippen molar-refractivity contribution in [1.29, 1.82) is 0 Å². The number of nitrogens with one attached hydrogen (secondary N) is 1. The molecule has 0 fully saturated rings. The number of halogens is 1. The Hall–Kier alpha value is -1.61. The van der Waals surface area contributed by atoms with E-state index in [1.54, 1.807) is 0 Å². The van der Waals surface area contributed by atoms with Crippen LogP contribution in [-0.2, 0) is 11.2 Å². The highest BCUT2D eigenvalue weighted by Crippen LogP contribution is 2.32. The molecule has 0 radical (unpaired) electrons. The van der Waals surface area contributed by atoms with Crippen molar-refractivity contribution in [3.8, 4) is 0 Å². The second-order valence-electron chi connectivity index (χ2n) is 5.14. The van der Waals surface area contributed by atoms with Crippen LogP contribution in [0.15, 0.2) is 53.0 Å². The molecule has 2 aromatic rings. The van der Waals surface area contributed by atoms with E-state index in [2.05, 4.69) is 33.4 Å². The quantitative estimate of drug-likeness (QED) is 0.862. The van der Waals surface area contributed by atoms with Crippen LogP contribution in [0.3, 0.4) is 0 Å². The Kier molecular flexibility index (Phi) is 3.88. The molecule has 102 valence electrons. The van der Waals surface area contributed by atoms with Gasteiger partial charge in [-0.25, -0.2) is 0 Å². The summed E-state index contributed by atoms with van der Waals surface area (Å²) in [6, 6.07) is 16.0. The fourth-order valence-electron chi connectivity index (χ4n) is 2.79. The van der Waals surface area contributed by atoms with Crippen molar-refractivity contribution in [2.24, 2.45) is 0 Å². The van der Waals surface area contributed by atoms with E-state index < -0.39 is 0 Å². The zero-order valence-electron chi connectivity index (χ0n) is 11.1. The maximum atomic E-state index is 12.5. The third kappa shape index (κ3) is 2.78. The van der Waals surface area contributed by atoms with Gasteiger partial charge in [0, 0.05) is 10.2 Å². The smallest absolute Gasteiger partial charge is 0.231 e. The molecule has 0 saturated carbocycles. The molecule has 1 amide bonds. The van der Waals surface area contributed by atoms with E-state index in [4.69, 9.17) is 0 Å². The van der Waals surface area contributed by atoms with Gasteiger partial charge >= 0.3 is 0 Å². The molecule has 0 aliphatic heterocycles. The minimum absolute atomic E-state index is 0.0244. The van der Waals surface area contributed by atoms with E-state index >= 15 is 0 Å². The fraction of sp³-hybridized carbons (Fsp3) is 0.235. The van der Waals surface area contributed by atoms with Gasteiger partial charge in [-0.05, 0) is 54.7 Å². The van der Waals surface area contributed by atoms with Crippen LogP contribution >= 0.6 is 15.9 Å². The van der Waals surface area contributed by atoms with Gasteiger partial charge in [0.2, 0.25) is 5.91 Å². The lowest BCUT2D eigenvalue weighted by Gasteiger charge is -2.24. The van der Waals surface area contributed by atoms with Crippen LogP contribution in [-0.4, -0.2) is 5.91 Å². The molecule has 0 saturated heterocycles. The van der Waals surface area contributed by atoms with Gasteiger partial charge < -0.3 is 5.32 Å². The minimum atomic E-state index is -0.0244. The molecular formula is C17H16BrNO. The largest absolute Gasteiger partial charge is 0.326 e. The first-order valence-corrected chi connectivity index (χ1v) is 7.67. The highest BCUT2D eigenvalue weighted by molar-refractivity contribution is 9.10. The van der Waals surface area contributed by atoms with Crippen LogP contribution in [0.5, 0.6) is 0 Å². The lowest BCUT2D eigenvalue weighted by atomic mass is 9.82. The third-order valence-corrected chi connectivity index (χ3v) is 4.33. The van der Waals surface area contributed by atoms with Crippen molar-refractivity contribution >= 4 is 27.5 Å². The predicted octanol–water partition coefficient (Wildman–Crippen LogP) is 4.51. The van der Waals surface area contributed by atoms with Crippen molar-refractivity contribution in [3.63, 3.8) is 0 Å². The summed E-state index contributed by atoms with van der Waals surface area (Å²) in [5.74, 6) is 0.0723. The van der Waals surface area contributed by atoms with Gasteiger partial charge in [-0.15, -0.1) is 0 Å². The number of aryl methyl sites for hydroxylation is 1. The van der Waals surface area contributed by atoms with Gasteiger partial charge in [0.15, 0.2) is 0 Å². The van der Waals surface area contributed by atoms with Crippen molar-refractivity contribution in [2.75, 3.05) is 5.32 Å². The van der Waals surface area contributed by atoms with E-state index in [0.717, 1.165) is 29.4 Å². The summed E-state index contributed by atoms with van der Waals surface area (Å²) in [5, 5.41) is 3.02. The van der Waals surface area contributed by atoms with E-state index in [9.17, 15) is 4.79 Å². The molecule has 2 nitrogen and oxygen atoms in total. The van der Waals surface area contributed by atoms with Crippen molar-refractivity contribution < 1.29 is 4.79 Å². The summed E-state index contributed by atoms with van der Waals surface area (Å²) in [6.07, 6.45) is 3.09. The highest BCUT2D eigenvalue weighted by atomic mass is 79.9. The molecular weight excluding hydrogens is 314 g/mol. The fourth-order valence-corrected chi connectivity index (χ4v) is 3.05. The Labute approximate surface area is 127 Å². The number of anilines is 1. The van der Waals surface area contributed by atoms with Crippen LogP contribution in [0.25, 0.3) is 0 Å². The van der Waals surface area contributed by atoms with Gasteiger partial charge in [-0.2, -0.15) is 0 Å². The number of hydrogen-bond acceptors (Lipinski definition) is 1. The second kappa shape index (κ2) is 5.80. The van der Waals surface area contributed by atoms with Crippen LogP contribution < -0.4 is 5.32 Å². The molecule has 0 bridgehead atoms. The summed E-state index contributed by atoms with van der Waals surface area (Å²) in [6.45, 7) is 0. The van der Waals surface area contributed by atoms with Gasteiger partial charge in [-0.1, -0.05) is 40.2 Å². The molecule has 0 aromatic heterocycles. The Balaban J connectivity index is 1.80. The number of benzene rings is 2. The van der Waals surface area contributed by atoms with Crippen LogP contribution in [0.1, 0.15) is 29.9 Å². The Morgan fingerprint density at radius 2 is 1.85 bits per heavy atom. The molecule has 20 heavy (non-hydrogen) atoms. The number of carbonyl (C=O) groups is 1. The number of rotatable bonds is 2. The summed E-state index contributed by atoms with van der Waals surface area (Å²) in [5.41, 5.74) is 3.35. The maximum Gasteiger partial charge on any atom is 0.231 e. The summed E-state index contributed by atoms with van der Waals surface area (Å²) in [4.78, 5) is 12.5. The molecule has 1 aliphatic carbocycles. The average Bonchev–Trinajstić information content (AvgIpc) is 2.49. The van der Waals surface area contributed by atoms with E-state index in [1.165, 1.54) is 11.1 Å². The topological polar surface area (TPSA) is 29.1 Å². The lowest BCUT2D eigenvalue weighted by molar-refractivity contribution is -0.117. The summed E-state index contributed by atoms with van der Waals surface area (Å²) >= 11 is 3.40. The first-order chi connectivity index (χ1) is 9.74. The van der Waals surface area contributed by atoms with Gasteiger partial charge in [0.05, 0.1) is 5.92 Å². The molecule has 1 N–H and O–H groups in total. The van der Waals surface area contributed by atoms with Crippen LogP contribution in [0.4, 0.5) is 5.69 Å². The van der Waals surface area contributed by atoms with Gasteiger partial charge in [-0.3, -0.25) is 4.79 Å². The SMILES string of the molecule is O=C(Nc1ccc(Br)cc1)[C@H]1CCCc2ccccc21. The Morgan fingerprint density at radius 3 is 2.65 bits per heavy atom. The predicted molar refractivity (Wildman–Crippen MR) is 84.9 cm³/mol. The van der Waals surface area contributed by atoms with Gasteiger partial charge in [0.25, 0.3) is 0 Å². The first kappa shape index (κ1) is 13.4. The summed E-state index contributed by atoms with van der Waals surface area (Å²) < 4.78 is 1.01. The van der Waals surface area contributed by atoms with Crippen molar-refractivity contribution in [3.05, 3.63) is 64.1 Å². The molecule has 1 atom stereocenters. The Bertz CT molecular complexity index is 621. The lowest BCUT2D eigenvalue weighted by Crippen LogP contribution is -2.24. The molecule has 1 aliphatic rings. The number of fused-ring (bicyclic) bond motifs is 1. The monoisotopic (exact) mass is 329 g/mol. The first-order valence-electron chi connectivity index (χ1n) is 6.88. The summed E-state index contributed by atoms with van der Waals surface area (Å²) in [7, 11) is 0. The normalized spacial score (nSPS) is 17.4. The zero-order chi connectivity index (χ0) is 13.9. The van der Waals surface area contributed by atoms with E-state index in [0.29, 0.717) is 0 Å². The number of hydrogen-bond donors (Lipinski definition) is 1. The van der Waals surface area contributed by atoms with Gasteiger partial charge in [0.1, 0.15) is 0 Å². The zero-order valence-corrected chi connectivity index (χ0v) is 12.7. The molecule has 3 rings (SSSR count). The number of amides is 1. The van der Waals surface area contributed by atoms with Crippen LogP contribution in [0.2, 0.25) is 0 Å². The standard InChI is InChI=1S/C17H16BrNO/c18-13-8-10-14(11-9-13)19-17(20)16-7-3-5-12-4-1-2-6-15(12)16/h1-2,4,6,8-11,16H,3,5,7H2,(H,19,20)/t16-/m0/s1. The molecule has 2 aromatic carbocycles. The van der Waals surface area contributed by atoms with Crippen molar-refractivity contribution in [1.82, 2.24) is 0 Å². The second-order valence-corrected chi connectivity index (χ2v) is 6.06. The molecule has 0 heterocycles. The van der Waals surface area contributed by atoms with Crippen molar-refractivity contribution in [2.45, 2.75) is 25.2 Å². The van der Waals surface area contributed by atoms with E-state index in [-0.39, 0.29) is 11.8 Å². The molecule has 0 unspecified atom stereocenters. The molecule has 3 heteroatoms. The maximum absolute atomic E-state index is 12.5. The number of carbonyl (C=O) groups excluding carboxylic acids is 1. The average molecular weight is 330 g/mol. The Morgan fingerprint density at radius 1 is 1.10 bits per heavy atom. The van der Waals surface area contributed by atoms with E-state index in [1.807, 2.05) is 36.4 Å². The minimum Gasteiger partial charge on any atom is -0.326 e. The molecule has 0 spiro atoms. The highest BCUT2D eigenvalue weighted by Gasteiger charge is 2.26.